The highest BCUT2D eigenvalue weighted by Gasteiger charge is 2.41. The predicted octanol–water partition coefficient (Wildman–Crippen LogP) is 8.73. The molecule has 0 fully saturated rings. The zero-order valence-electron chi connectivity index (χ0n) is 27.4. The van der Waals surface area contributed by atoms with E-state index in [4.69, 9.17) is 19.2 Å². The minimum atomic E-state index is -0.830. The number of pyridine rings is 1. The fraction of sp³-hybridized carbons (Fsp3) is 0.639. The number of aliphatic hydroxyl groups is 1. The first-order chi connectivity index (χ1) is 19.0. The van der Waals surface area contributed by atoms with Crippen molar-refractivity contribution in [2.24, 2.45) is 10.8 Å². The molecule has 0 bridgehead atoms. The fourth-order valence-electron chi connectivity index (χ4n) is 5.92. The monoisotopic (exact) mass is 563 g/mol. The zero-order valence-corrected chi connectivity index (χ0v) is 27.4. The molecular weight excluding hydrogens is 510 g/mol. The maximum atomic E-state index is 12.2. The van der Waals surface area contributed by atoms with E-state index in [2.05, 4.69) is 61.5 Å². The number of fused-ring (bicyclic) bond motifs is 1. The molecular formula is C36H53NO4. The predicted molar refractivity (Wildman–Crippen MR) is 167 cm³/mol. The number of aliphatic hydroxyl groups excluding tert-OH is 1. The Bertz CT molecular complexity index is 1240. The summed E-state index contributed by atoms with van der Waals surface area (Å²) >= 11 is 0. The van der Waals surface area contributed by atoms with Crippen molar-refractivity contribution in [2.45, 2.75) is 125 Å². The highest BCUT2D eigenvalue weighted by molar-refractivity contribution is 5.75. The lowest BCUT2D eigenvalue weighted by Crippen LogP contribution is -2.35. The van der Waals surface area contributed by atoms with Gasteiger partial charge in [-0.05, 0) is 92.5 Å². The summed E-state index contributed by atoms with van der Waals surface area (Å²) in [5, 5.41) is 12.2. The van der Waals surface area contributed by atoms with Gasteiger partial charge in [-0.15, -0.1) is 0 Å². The standard InChI is InChI=1S/C36H53NO4/c1-22(2)32-31(33(38)25-12-14-26(15-13-25)41-35(7,8)9)29(24-16-18-39-19-17-24)30-27(37-32)20-36(10,11)21-28(30)40-23(3)34(4,5)6/h12-16,22-23,28,33,38H,17-21H2,1-11H3/t23?,28?,33-/m1/s1. The second-order valence-electron chi connectivity index (χ2n) is 15.2. The largest absolute Gasteiger partial charge is 0.488 e. The summed E-state index contributed by atoms with van der Waals surface area (Å²) in [5.74, 6) is 0.936. The van der Waals surface area contributed by atoms with Crippen LogP contribution in [-0.2, 0) is 15.9 Å². The van der Waals surface area contributed by atoms with Crippen molar-refractivity contribution in [3.63, 3.8) is 0 Å². The lowest BCUT2D eigenvalue weighted by Gasteiger charge is -2.42. The van der Waals surface area contributed by atoms with E-state index in [1.165, 1.54) is 11.1 Å². The molecule has 1 aromatic heterocycles. The van der Waals surface area contributed by atoms with Crippen LogP contribution in [0.1, 0.15) is 141 Å². The van der Waals surface area contributed by atoms with E-state index in [1.807, 2.05) is 45.0 Å². The van der Waals surface area contributed by atoms with E-state index >= 15 is 0 Å². The van der Waals surface area contributed by atoms with Crippen LogP contribution in [-0.4, -0.2) is 35.0 Å². The Hall–Kier alpha value is -2.21. The van der Waals surface area contributed by atoms with Gasteiger partial charge in [-0.25, -0.2) is 0 Å². The van der Waals surface area contributed by atoms with E-state index in [0.29, 0.717) is 13.2 Å². The second kappa shape index (κ2) is 11.8. The number of aromatic nitrogens is 1. The third kappa shape index (κ3) is 7.42. The van der Waals surface area contributed by atoms with Crippen molar-refractivity contribution in [1.82, 2.24) is 4.98 Å². The second-order valence-corrected chi connectivity index (χ2v) is 15.2. The number of ether oxygens (including phenoxy) is 3. The van der Waals surface area contributed by atoms with E-state index < -0.39 is 6.10 Å². The lowest BCUT2D eigenvalue weighted by molar-refractivity contribution is -0.0778. The van der Waals surface area contributed by atoms with Crippen molar-refractivity contribution in [3.8, 4) is 5.75 Å². The molecule has 0 saturated heterocycles. The molecule has 0 saturated carbocycles. The minimum Gasteiger partial charge on any atom is -0.488 e. The number of rotatable bonds is 7. The van der Waals surface area contributed by atoms with Crippen molar-refractivity contribution in [3.05, 3.63) is 64.0 Å². The third-order valence-corrected chi connectivity index (χ3v) is 8.40. The molecule has 2 heterocycles. The molecule has 5 heteroatoms. The molecule has 2 aliphatic rings. The summed E-state index contributed by atoms with van der Waals surface area (Å²) in [6.45, 7) is 25.2. The Labute approximate surface area is 248 Å². The minimum absolute atomic E-state index is 0.00435. The molecule has 3 atom stereocenters. The Morgan fingerprint density at radius 3 is 2.22 bits per heavy atom. The molecule has 0 amide bonds. The van der Waals surface area contributed by atoms with E-state index in [9.17, 15) is 5.11 Å². The molecule has 2 unspecified atom stereocenters. The molecule has 0 spiro atoms. The van der Waals surface area contributed by atoms with Crippen LogP contribution in [0.25, 0.3) is 5.57 Å². The molecule has 0 radical (unpaired) electrons. The van der Waals surface area contributed by atoms with E-state index in [0.717, 1.165) is 53.1 Å². The van der Waals surface area contributed by atoms with Crippen molar-refractivity contribution >= 4 is 5.57 Å². The van der Waals surface area contributed by atoms with Crippen LogP contribution >= 0.6 is 0 Å². The van der Waals surface area contributed by atoms with Gasteiger partial charge in [0.2, 0.25) is 0 Å². The molecule has 1 aromatic carbocycles. The Morgan fingerprint density at radius 2 is 1.68 bits per heavy atom. The average molecular weight is 564 g/mol. The number of hydrogen-bond acceptors (Lipinski definition) is 5. The average Bonchev–Trinajstić information content (AvgIpc) is 2.86. The summed E-state index contributed by atoms with van der Waals surface area (Å²) < 4.78 is 18.8. The van der Waals surface area contributed by atoms with Gasteiger partial charge >= 0.3 is 0 Å². The van der Waals surface area contributed by atoms with Crippen molar-refractivity contribution < 1.29 is 19.3 Å². The Morgan fingerprint density at radius 1 is 1.02 bits per heavy atom. The van der Waals surface area contributed by atoms with Crippen molar-refractivity contribution in [1.29, 1.82) is 0 Å². The van der Waals surface area contributed by atoms with Crippen LogP contribution < -0.4 is 4.74 Å². The van der Waals surface area contributed by atoms with Gasteiger partial charge in [-0.3, -0.25) is 4.98 Å². The SMILES string of the molecule is CC(C)c1nc2c(c(C3=CCOCC3)c1[C@H](O)c1ccc(OC(C)(C)C)cc1)C(OC(C)C(C)(C)C)CC(C)(C)C2. The van der Waals surface area contributed by atoms with Gasteiger partial charge in [0.05, 0.1) is 25.4 Å². The van der Waals surface area contributed by atoms with Crippen LogP contribution in [0.2, 0.25) is 0 Å². The van der Waals surface area contributed by atoms with Gasteiger partial charge in [0.25, 0.3) is 0 Å². The first-order valence-corrected chi connectivity index (χ1v) is 15.4. The summed E-state index contributed by atoms with van der Waals surface area (Å²) in [4.78, 5) is 5.37. The number of benzene rings is 1. The first-order valence-electron chi connectivity index (χ1n) is 15.4. The van der Waals surface area contributed by atoms with Gasteiger partial charge in [0.15, 0.2) is 0 Å². The van der Waals surface area contributed by atoms with Crippen LogP contribution in [0.4, 0.5) is 0 Å². The van der Waals surface area contributed by atoms with E-state index in [1.54, 1.807) is 0 Å². The molecule has 1 aliphatic carbocycles. The van der Waals surface area contributed by atoms with Gasteiger partial charge in [0.1, 0.15) is 17.5 Å². The Balaban J connectivity index is 1.94. The fourth-order valence-corrected chi connectivity index (χ4v) is 5.92. The number of hydrogen-bond donors (Lipinski definition) is 1. The quantitative estimate of drug-likeness (QED) is 0.365. The summed E-state index contributed by atoms with van der Waals surface area (Å²) in [7, 11) is 0. The van der Waals surface area contributed by atoms with Crippen LogP contribution in [0.3, 0.4) is 0 Å². The molecule has 4 rings (SSSR count). The maximum absolute atomic E-state index is 12.2. The third-order valence-electron chi connectivity index (χ3n) is 8.40. The molecule has 226 valence electrons. The molecule has 41 heavy (non-hydrogen) atoms. The van der Waals surface area contributed by atoms with Crippen molar-refractivity contribution in [2.75, 3.05) is 13.2 Å². The summed E-state index contributed by atoms with van der Waals surface area (Å²) in [6.07, 6.45) is 3.92. The lowest BCUT2D eigenvalue weighted by atomic mass is 9.71. The molecule has 2 aromatic rings. The number of nitrogens with zero attached hydrogens (tertiary/aromatic N) is 1. The van der Waals surface area contributed by atoms with E-state index in [-0.39, 0.29) is 34.6 Å². The topological polar surface area (TPSA) is 60.8 Å². The highest BCUT2D eigenvalue weighted by atomic mass is 16.5. The van der Waals surface area contributed by atoms with Crippen LogP contribution in [0, 0.1) is 10.8 Å². The summed E-state index contributed by atoms with van der Waals surface area (Å²) in [5.41, 5.74) is 7.13. The highest BCUT2D eigenvalue weighted by Crippen LogP contribution is 2.50. The molecule has 1 aliphatic heterocycles. The maximum Gasteiger partial charge on any atom is 0.120 e. The Kier molecular flexibility index (Phi) is 9.14. The zero-order chi connectivity index (χ0) is 30.3. The molecule has 5 nitrogen and oxygen atoms in total. The first kappa shape index (κ1) is 31.7. The normalized spacial score (nSPS) is 20.8. The van der Waals surface area contributed by atoms with Crippen LogP contribution in [0.15, 0.2) is 30.3 Å². The summed E-state index contributed by atoms with van der Waals surface area (Å²) in [6, 6.07) is 7.88. The molecule has 1 N–H and O–H groups in total. The van der Waals surface area contributed by atoms with Gasteiger partial charge in [-0.1, -0.05) is 66.7 Å². The van der Waals surface area contributed by atoms with Gasteiger partial charge in [0, 0.05) is 22.5 Å². The van der Waals surface area contributed by atoms with Gasteiger partial charge < -0.3 is 19.3 Å². The smallest absolute Gasteiger partial charge is 0.120 e. The van der Waals surface area contributed by atoms with Gasteiger partial charge in [-0.2, -0.15) is 0 Å². The van der Waals surface area contributed by atoms with Crippen LogP contribution in [0.5, 0.6) is 5.75 Å².